The highest BCUT2D eigenvalue weighted by Crippen LogP contribution is 2.24. The molecule has 0 saturated heterocycles. The van der Waals surface area contributed by atoms with Crippen molar-refractivity contribution in [3.8, 4) is 0 Å². The lowest BCUT2D eigenvalue weighted by Crippen LogP contribution is -2.03. The Morgan fingerprint density at radius 3 is 2.67 bits per heavy atom. The van der Waals surface area contributed by atoms with Crippen LogP contribution in [-0.2, 0) is 4.74 Å². The maximum Gasteiger partial charge on any atom is 0.338 e. The third kappa shape index (κ3) is 3.59. The second-order valence-electron chi connectivity index (χ2n) is 3.69. The average Bonchev–Trinajstić information content (AvgIpc) is 2.25. The maximum absolute atomic E-state index is 11.4. The molecule has 0 amide bonds. The number of thioether (sulfide) groups is 1. The van der Waals surface area contributed by atoms with Crippen LogP contribution in [0.1, 0.15) is 24.2 Å². The molecule has 1 aromatic carbocycles. The first kappa shape index (κ1) is 12.1. The summed E-state index contributed by atoms with van der Waals surface area (Å²) in [4.78, 5) is 12.4. The van der Waals surface area contributed by atoms with Gasteiger partial charge in [0.05, 0.1) is 12.7 Å². The molecule has 0 radical (unpaired) electrons. The van der Waals surface area contributed by atoms with E-state index < -0.39 is 0 Å². The van der Waals surface area contributed by atoms with E-state index in [1.807, 2.05) is 18.2 Å². The van der Waals surface area contributed by atoms with Crippen molar-refractivity contribution in [1.29, 1.82) is 0 Å². The molecule has 1 rings (SSSR count). The normalized spacial score (nSPS) is 10.4. The predicted octanol–water partition coefficient (Wildman–Crippen LogP) is 3.22. The largest absolute Gasteiger partial charge is 0.465 e. The van der Waals surface area contributed by atoms with Crippen LogP contribution in [0.2, 0.25) is 0 Å². The highest BCUT2D eigenvalue weighted by molar-refractivity contribution is 7.99. The molecule has 82 valence electrons. The first-order chi connectivity index (χ1) is 7.15. The van der Waals surface area contributed by atoms with Gasteiger partial charge in [0.1, 0.15) is 0 Å². The van der Waals surface area contributed by atoms with Crippen molar-refractivity contribution in [2.45, 2.75) is 18.7 Å². The van der Waals surface area contributed by atoms with E-state index in [-0.39, 0.29) is 5.97 Å². The van der Waals surface area contributed by atoms with Gasteiger partial charge >= 0.3 is 5.97 Å². The quantitative estimate of drug-likeness (QED) is 0.580. The van der Waals surface area contributed by atoms with Crippen molar-refractivity contribution < 1.29 is 9.53 Å². The number of rotatable bonds is 4. The molecule has 0 fully saturated rings. The summed E-state index contributed by atoms with van der Waals surface area (Å²) < 4.78 is 4.73. The second kappa shape index (κ2) is 5.81. The summed E-state index contributed by atoms with van der Waals surface area (Å²) in [6.45, 7) is 4.32. The molecule has 0 heterocycles. The summed E-state index contributed by atoms with van der Waals surface area (Å²) in [5.74, 6) is 1.36. The molecule has 0 bridgehead atoms. The Balaban J connectivity index is 2.81. The zero-order chi connectivity index (χ0) is 11.3. The van der Waals surface area contributed by atoms with E-state index in [2.05, 4.69) is 13.8 Å². The monoisotopic (exact) mass is 224 g/mol. The average molecular weight is 224 g/mol. The highest BCUT2D eigenvalue weighted by Gasteiger charge is 2.11. The molecule has 0 aliphatic heterocycles. The molecule has 3 heteroatoms. The fourth-order valence-corrected chi connectivity index (χ4v) is 2.12. The Kier molecular flexibility index (Phi) is 4.69. The minimum atomic E-state index is -0.262. The fourth-order valence-electron chi connectivity index (χ4n) is 1.13. The minimum Gasteiger partial charge on any atom is -0.465 e. The summed E-state index contributed by atoms with van der Waals surface area (Å²) in [7, 11) is 1.41. The van der Waals surface area contributed by atoms with Gasteiger partial charge in [0.15, 0.2) is 0 Å². The van der Waals surface area contributed by atoms with Crippen LogP contribution in [-0.4, -0.2) is 18.8 Å². The van der Waals surface area contributed by atoms with Gasteiger partial charge in [-0.1, -0.05) is 26.0 Å². The van der Waals surface area contributed by atoms with Crippen LogP contribution < -0.4 is 0 Å². The van der Waals surface area contributed by atoms with Crippen molar-refractivity contribution in [3.63, 3.8) is 0 Å². The SMILES string of the molecule is COC(=O)c1ccccc1SCC(C)C. The molecule has 0 aliphatic carbocycles. The van der Waals surface area contributed by atoms with Crippen LogP contribution in [0.15, 0.2) is 29.2 Å². The van der Waals surface area contributed by atoms with Gasteiger partial charge in [0, 0.05) is 10.6 Å². The number of ether oxygens (including phenoxy) is 1. The van der Waals surface area contributed by atoms with Gasteiger partial charge in [-0.15, -0.1) is 11.8 Å². The molecule has 2 nitrogen and oxygen atoms in total. The molecule has 0 atom stereocenters. The molecule has 0 aliphatic rings. The summed E-state index contributed by atoms with van der Waals surface area (Å²) in [5, 5.41) is 0. The molecule has 0 aromatic heterocycles. The predicted molar refractivity (Wildman–Crippen MR) is 63.3 cm³/mol. The fraction of sp³-hybridized carbons (Fsp3) is 0.417. The number of hydrogen-bond donors (Lipinski definition) is 0. The van der Waals surface area contributed by atoms with Gasteiger partial charge in [-0.2, -0.15) is 0 Å². The van der Waals surface area contributed by atoms with E-state index in [1.54, 1.807) is 17.8 Å². The Morgan fingerprint density at radius 2 is 2.07 bits per heavy atom. The standard InChI is InChI=1S/C12H16O2S/c1-9(2)8-15-11-7-5-4-6-10(11)12(13)14-3/h4-7,9H,8H2,1-3H3. The summed E-state index contributed by atoms with van der Waals surface area (Å²) in [6.07, 6.45) is 0. The Hall–Kier alpha value is -0.960. The number of benzene rings is 1. The van der Waals surface area contributed by atoms with Crippen LogP contribution in [0.5, 0.6) is 0 Å². The Morgan fingerprint density at radius 1 is 1.40 bits per heavy atom. The van der Waals surface area contributed by atoms with Crippen molar-refractivity contribution in [3.05, 3.63) is 29.8 Å². The first-order valence-electron chi connectivity index (χ1n) is 4.95. The smallest absolute Gasteiger partial charge is 0.338 e. The molecule has 1 aromatic rings. The third-order valence-electron chi connectivity index (χ3n) is 1.86. The van der Waals surface area contributed by atoms with Gasteiger partial charge in [0.2, 0.25) is 0 Å². The number of esters is 1. The lowest BCUT2D eigenvalue weighted by atomic mass is 10.2. The molecular formula is C12H16O2S. The van der Waals surface area contributed by atoms with Crippen LogP contribution in [0.3, 0.4) is 0 Å². The van der Waals surface area contributed by atoms with E-state index in [9.17, 15) is 4.79 Å². The molecule has 0 spiro atoms. The number of methoxy groups -OCH3 is 1. The zero-order valence-corrected chi connectivity index (χ0v) is 10.1. The van der Waals surface area contributed by atoms with E-state index in [4.69, 9.17) is 4.74 Å². The van der Waals surface area contributed by atoms with Crippen LogP contribution in [0.4, 0.5) is 0 Å². The van der Waals surface area contributed by atoms with Crippen molar-refractivity contribution in [2.24, 2.45) is 5.92 Å². The Bertz CT molecular complexity index is 334. The highest BCUT2D eigenvalue weighted by atomic mass is 32.2. The second-order valence-corrected chi connectivity index (χ2v) is 4.75. The van der Waals surface area contributed by atoms with Gasteiger partial charge < -0.3 is 4.74 Å². The lowest BCUT2D eigenvalue weighted by molar-refractivity contribution is 0.0597. The number of carbonyl (C=O) groups excluding carboxylic acids is 1. The lowest BCUT2D eigenvalue weighted by Gasteiger charge is -2.08. The van der Waals surface area contributed by atoms with Gasteiger partial charge in [-0.05, 0) is 18.1 Å². The molecule has 0 saturated carbocycles. The zero-order valence-electron chi connectivity index (χ0n) is 9.32. The van der Waals surface area contributed by atoms with Gasteiger partial charge in [-0.3, -0.25) is 0 Å². The van der Waals surface area contributed by atoms with E-state index >= 15 is 0 Å². The number of hydrogen-bond acceptors (Lipinski definition) is 3. The summed E-state index contributed by atoms with van der Waals surface area (Å²) in [6, 6.07) is 7.55. The van der Waals surface area contributed by atoms with Crippen LogP contribution in [0, 0.1) is 5.92 Å². The summed E-state index contributed by atoms with van der Waals surface area (Å²) in [5.41, 5.74) is 0.658. The molecule has 0 unspecified atom stereocenters. The third-order valence-corrected chi connectivity index (χ3v) is 3.36. The maximum atomic E-state index is 11.4. The number of carbonyl (C=O) groups is 1. The molecule has 15 heavy (non-hydrogen) atoms. The topological polar surface area (TPSA) is 26.3 Å². The molecule has 0 N–H and O–H groups in total. The summed E-state index contributed by atoms with van der Waals surface area (Å²) >= 11 is 1.70. The van der Waals surface area contributed by atoms with E-state index in [0.29, 0.717) is 11.5 Å². The van der Waals surface area contributed by atoms with Crippen LogP contribution >= 0.6 is 11.8 Å². The minimum absolute atomic E-state index is 0.262. The molecular weight excluding hydrogens is 208 g/mol. The van der Waals surface area contributed by atoms with Crippen LogP contribution in [0.25, 0.3) is 0 Å². The van der Waals surface area contributed by atoms with Gasteiger partial charge in [-0.25, -0.2) is 4.79 Å². The van der Waals surface area contributed by atoms with Gasteiger partial charge in [0.25, 0.3) is 0 Å². The van der Waals surface area contributed by atoms with E-state index in [1.165, 1.54) is 7.11 Å². The Labute approximate surface area is 95.0 Å². The van der Waals surface area contributed by atoms with Crippen molar-refractivity contribution in [2.75, 3.05) is 12.9 Å². The van der Waals surface area contributed by atoms with E-state index in [0.717, 1.165) is 10.6 Å². The van der Waals surface area contributed by atoms with Crippen molar-refractivity contribution in [1.82, 2.24) is 0 Å². The first-order valence-corrected chi connectivity index (χ1v) is 5.94. The van der Waals surface area contributed by atoms with Crippen molar-refractivity contribution >= 4 is 17.7 Å².